The summed E-state index contributed by atoms with van der Waals surface area (Å²) in [5, 5.41) is 0. The van der Waals surface area contributed by atoms with Gasteiger partial charge in [-0.25, -0.2) is 8.78 Å². The number of ether oxygens (including phenoxy) is 2. The number of nitrogens with zero attached hydrogens (tertiary/aromatic N) is 1. The Labute approximate surface area is 123 Å². The molecule has 0 aromatic heterocycles. The normalized spacial score (nSPS) is 12.7. The predicted molar refractivity (Wildman–Crippen MR) is 75.5 cm³/mol. The number of halogens is 2. The molecule has 0 aliphatic carbocycles. The number of rotatable bonds is 9. The zero-order chi connectivity index (χ0) is 15.8. The van der Waals surface area contributed by atoms with Crippen LogP contribution in [0.2, 0.25) is 0 Å². The van der Waals surface area contributed by atoms with Crippen molar-refractivity contribution >= 4 is 5.78 Å². The number of benzene rings is 1. The molecule has 0 N–H and O–H groups in total. The first-order chi connectivity index (χ1) is 9.99. The molecule has 1 atom stereocenters. The summed E-state index contributed by atoms with van der Waals surface area (Å²) in [6, 6.07) is 2.83. The molecule has 118 valence electrons. The fraction of sp³-hybridized carbons (Fsp3) is 0.533. The van der Waals surface area contributed by atoms with E-state index in [9.17, 15) is 13.6 Å². The monoisotopic (exact) mass is 301 g/mol. The molecular weight excluding hydrogens is 280 g/mol. The average Bonchev–Trinajstić information content (AvgIpc) is 2.45. The van der Waals surface area contributed by atoms with Crippen molar-refractivity contribution in [1.82, 2.24) is 4.90 Å². The van der Waals surface area contributed by atoms with Gasteiger partial charge in [0, 0.05) is 26.8 Å². The Morgan fingerprint density at radius 3 is 2.62 bits per heavy atom. The molecular formula is C15H21F2NO3. The number of hydrogen-bond donors (Lipinski definition) is 0. The maximum atomic E-state index is 13.6. The molecule has 0 fully saturated rings. The predicted octanol–water partition coefficient (Wildman–Crippen LogP) is 2.13. The molecule has 0 saturated carbocycles. The van der Waals surface area contributed by atoms with Gasteiger partial charge in [-0.2, -0.15) is 0 Å². The number of Topliss-reactive ketones (excluding diaryl/α,β-unsaturated/α-hetero) is 1. The maximum Gasteiger partial charge on any atom is 0.179 e. The highest BCUT2D eigenvalue weighted by molar-refractivity contribution is 5.97. The molecule has 0 aliphatic rings. The molecule has 4 nitrogen and oxygen atoms in total. The molecule has 1 aromatic carbocycles. The SMILES string of the molecule is COCCN(CC(=O)c1cc(F)ccc1F)C(C)COC. The summed E-state index contributed by atoms with van der Waals surface area (Å²) in [6.07, 6.45) is 0. The van der Waals surface area contributed by atoms with E-state index in [2.05, 4.69) is 0 Å². The van der Waals surface area contributed by atoms with Gasteiger partial charge in [-0.3, -0.25) is 9.69 Å². The lowest BCUT2D eigenvalue weighted by Crippen LogP contribution is -2.42. The standard InChI is InChI=1S/C15H21F2NO3/c1-11(10-21-3)18(6-7-20-2)9-15(19)13-8-12(16)4-5-14(13)17/h4-5,8,11H,6-7,9-10H2,1-3H3. The van der Waals surface area contributed by atoms with Crippen molar-refractivity contribution in [3.05, 3.63) is 35.4 Å². The Morgan fingerprint density at radius 2 is 2.00 bits per heavy atom. The van der Waals surface area contributed by atoms with Crippen LogP contribution < -0.4 is 0 Å². The minimum Gasteiger partial charge on any atom is -0.383 e. The average molecular weight is 301 g/mol. The van der Waals surface area contributed by atoms with Crippen molar-refractivity contribution in [2.24, 2.45) is 0 Å². The second kappa shape index (κ2) is 8.81. The van der Waals surface area contributed by atoms with Gasteiger partial charge in [-0.1, -0.05) is 0 Å². The van der Waals surface area contributed by atoms with Crippen molar-refractivity contribution in [2.75, 3.05) is 40.5 Å². The molecule has 0 bridgehead atoms. The van der Waals surface area contributed by atoms with E-state index in [1.807, 2.05) is 11.8 Å². The molecule has 6 heteroatoms. The van der Waals surface area contributed by atoms with E-state index >= 15 is 0 Å². The lowest BCUT2D eigenvalue weighted by atomic mass is 10.1. The molecule has 0 heterocycles. The highest BCUT2D eigenvalue weighted by atomic mass is 19.1. The van der Waals surface area contributed by atoms with Crippen LogP contribution in [-0.4, -0.2) is 57.2 Å². The molecule has 0 amide bonds. The first-order valence-electron chi connectivity index (χ1n) is 6.69. The number of carbonyl (C=O) groups is 1. The van der Waals surface area contributed by atoms with Crippen molar-refractivity contribution < 1.29 is 23.0 Å². The third-order valence-corrected chi connectivity index (χ3v) is 3.19. The maximum absolute atomic E-state index is 13.6. The van der Waals surface area contributed by atoms with Crippen LogP contribution in [0.25, 0.3) is 0 Å². The van der Waals surface area contributed by atoms with Gasteiger partial charge in [0.2, 0.25) is 0 Å². The number of hydrogen-bond acceptors (Lipinski definition) is 4. The van der Waals surface area contributed by atoms with Crippen LogP contribution in [0.1, 0.15) is 17.3 Å². The number of carbonyl (C=O) groups excluding carboxylic acids is 1. The van der Waals surface area contributed by atoms with E-state index in [1.165, 1.54) is 0 Å². The van der Waals surface area contributed by atoms with Gasteiger partial charge in [0.25, 0.3) is 0 Å². The molecule has 1 rings (SSSR count). The van der Waals surface area contributed by atoms with Crippen LogP contribution in [0.15, 0.2) is 18.2 Å². The Morgan fingerprint density at radius 1 is 1.29 bits per heavy atom. The van der Waals surface area contributed by atoms with Crippen LogP contribution in [-0.2, 0) is 9.47 Å². The second-order valence-corrected chi connectivity index (χ2v) is 4.81. The summed E-state index contributed by atoms with van der Waals surface area (Å²) in [7, 11) is 3.13. The van der Waals surface area contributed by atoms with Crippen molar-refractivity contribution in [3.63, 3.8) is 0 Å². The summed E-state index contributed by atoms with van der Waals surface area (Å²) < 4.78 is 36.8. The summed E-state index contributed by atoms with van der Waals surface area (Å²) >= 11 is 0. The topological polar surface area (TPSA) is 38.8 Å². The van der Waals surface area contributed by atoms with E-state index in [0.717, 1.165) is 18.2 Å². The zero-order valence-corrected chi connectivity index (χ0v) is 12.6. The van der Waals surface area contributed by atoms with Gasteiger partial charge < -0.3 is 9.47 Å². The van der Waals surface area contributed by atoms with E-state index in [-0.39, 0.29) is 18.2 Å². The highest BCUT2D eigenvalue weighted by Gasteiger charge is 2.20. The molecule has 0 aliphatic heterocycles. The Kier molecular flexibility index (Phi) is 7.42. The molecule has 0 spiro atoms. The zero-order valence-electron chi connectivity index (χ0n) is 12.6. The van der Waals surface area contributed by atoms with Crippen LogP contribution >= 0.6 is 0 Å². The van der Waals surface area contributed by atoms with Crippen molar-refractivity contribution in [2.45, 2.75) is 13.0 Å². The van der Waals surface area contributed by atoms with Gasteiger partial charge in [0.15, 0.2) is 5.78 Å². The molecule has 0 saturated heterocycles. The Balaban J connectivity index is 2.81. The minimum atomic E-state index is -0.715. The van der Waals surface area contributed by atoms with Crippen molar-refractivity contribution in [3.8, 4) is 0 Å². The van der Waals surface area contributed by atoms with E-state index in [4.69, 9.17) is 9.47 Å². The van der Waals surface area contributed by atoms with E-state index in [0.29, 0.717) is 19.8 Å². The van der Waals surface area contributed by atoms with Crippen LogP contribution in [0.3, 0.4) is 0 Å². The lowest BCUT2D eigenvalue weighted by molar-refractivity contribution is 0.0648. The van der Waals surface area contributed by atoms with Gasteiger partial charge in [-0.15, -0.1) is 0 Å². The smallest absolute Gasteiger partial charge is 0.179 e. The summed E-state index contributed by atoms with van der Waals surface area (Å²) in [5.41, 5.74) is -0.234. The third kappa shape index (κ3) is 5.49. The number of methoxy groups -OCH3 is 2. The minimum absolute atomic E-state index is 0.0196. The third-order valence-electron chi connectivity index (χ3n) is 3.19. The Hall–Kier alpha value is -1.37. The van der Waals surface area contributed by atoms with E-state index < -0.39 is 17.4 Å². The molecule has 0 radical (unpaired) electrons. The van der Waals surface area contributed by atoms with Crippen LogP contribution in [0.5, 0.6) is 0 Å². The highest BCUT2D eigenvalue weighted by Crippen LogP contribution is 2.12. The van der Waals surface area contributed by atoms with Gasteiger partial charge in [0.1, 0.15) is 11.6 Å². The largest absolute Gasteiger partial charge is 0.383 e. The Bertz CT molecular complexity index is 468. The molecule has 1 unspecified atom stereocenters. The summed E-state index contributed by atoms with van der Waals surface area (Å²) in [6.45, 7) is 3.25. The van der Waals surface area contributed by atoms with Crippen LogP contribution in [0, 0.1) is 11.6 Å². The van der Waals surface area contributed by atoms with Gasteiger partial charge in [-0.05, 0) is 25.1 Å². The fourth-order valence-corrected chi connectivity index (χ4v) is 1.99. The first-order valence-corrected chi connectivity index (χ1v) is 6.69. The van der Waals surface area contributed by atoms with Gasteiger partial charge in [0.05, 0.1) is 25.3 Å². The van der Waals surface area contributed by atoms with Crippen molar-refractivity contribution in [1.29, 1.82) is 0 Å². The molecule has 21 heavy (non-hydrogen) atoms. The fourth-order valence-electron chi connectivity index (χ4n) is 1.99. The quantitative estimate of drug-likeness (QED) is 0.655. The first kappa shape index (κ1) is 17.7. The second-order valence-electron chi connectivity index (χ2n) is 4.81. The molecule has 1 aromatic rings. The van der Waals surface area contributed by atoms with E-state index in [1.54, 1.807) is 14.2 Å². The van der Waals surface area contributed by atoms with Crippen LogP contribution in [0.4, 0.5) is 8.78 Å². The summed E-state index contributed by atoms with van der Waals surface area (Å²) in [5.74, 6) is -1.81. The lowest BCUT2D eigenvalue weighted by Gasteiger charge is -2.27. The number of ketones is 1. The van der Waals surface area contributed by atoms with Gasteiger partial charge >= 0.3 is 0 Å². The summed E-state index contributed by atoms with van der Waals surface area (Å²) in [4.78, 5) is 14.0.